The maximum absolute atomic E-state index is 13.4. The fourth-order valence-electron chi connectivity index (χ4n) is 3.60. The lowest BCUT2D eigenvalue weighted by Crippen LogP contribution is -2.42. The van der Waals surface area contributed by atoms with Gasteiger partial charge >= 0.3 is 0 Å². The summed E-state index contributed by atoms with van der Waals surface area (Å²) in [6, 6.07) is 11.6. The van der Waals surface area contributed by atoms with Gasteiger partial charge in [0, 0.05) is 6.54 Å². The Kier molecular flexibility index (Phi) is 6.90. The summed E-state index contributed by atoms with van der Waals surface area (Å²) in [6.07, 6.45) is 5.75. The number of carbonyl (C=O) groups is 1. The number of rotatable bonds is 7. The van der Waals surface area contributed by atoms with Crippen LogP contribution in [0, 0.1) is 18.7 Å². The molecule has 1 amide bonds. The van der Waals surface area contributed by atoms with Gasteiger partial charge in [0.25, 0.3) is 10.0 Å². The Bertz CT molecular complexity index is 922. The number of amides is 1. The summed E-state index contributed by atoms with van der Waals surface area (Å²) in [5.41, 5.74) is 1.18. The van der Waals surface area contributed by atoms with E-state index in [1.54, 1.807) is 12.1 Å². The fraction of sp³-hybridized carbons (Fsp3) is 0.409. The average Bonchev–Trinajstić information content (AvgIpc) is 2.72. The molecule has 7 heteroatoms. The van der Waals surface area contributed by atoms with Crippen molar-refractivity contribution in [1.82, 2.24) is 5.32 Å². The molecule has 2 aromatic carbocycles. The molecule has 0 aliphatic heterocycles. The van der Waals surface area contributed by atoms with Crippen molar-refractivity contribution in [2.75, 3.05) is 17.4 Å². The van der Waals surface area contributed by atoms with Crippen molar-refractivity contribution in [2.45, 2.75) is 43.9 Å². The lowest BCUT2D eigenvalue weighted by atomic mass is 9.89. The number of anilines is 1. The highest BCUT2D eigenvalue weighted by atomic mass is 32.2. The SMILES string of the molecule is Cc1ccc(S(=O)(=O)N(CC(=O)NCC2CCCCC2)c2ccc(F)cc2)cc1. The topological polar surface area (TPSA) is 66.5 Å². The molecule has 0 atom stereocenters. The molecule has 1 aliphatic rings. The predicted molar refractivity (Wildman–Crippen MR) is 112 cm³/mol. The van der Waals surface area contributed by atoms with Crippen molar-refractivity contribution in [3.05, 3.63) is 59.9 Å². The molecule has 0 spiro atoms. The van der Waals surface area contributed by atoms with Gasteiger partial charge in [-0.05, 0) is 62.1 Å². The Morgan fingerprint density at radius 2 is 1.66 bits per heavy atom. The monoisotopic (exact) mass is 418 g/mol. The third-order valence-corrected chi connectivity index (χ3v) is 7.11. The second-order valence-corrected chi connectivity index (χ2v) is 9.47. The molecule has 2 aromatic rings. The summed E-state index contributed by atoms with van der Waals surface area (Å²) >= 11 is 0. The molecular formula is C22H27FN2O3S. The average molecular weight is 419 g/mol. The number of halogens is 1. The van der Waals surface area contributed by atoms with Gasteiger partial charge in [-0.2, -0.15) is 0 Å². The summed E-state index contributed by atoms with van der Waals surface area (Å²) in [5, 5.41) is 2.88. The fourth-order valence-corrected chi connectivity index (χ4v) is 5.02. The van der Waals surface area contributed by atoms with Crippen molar-refractivity contribution < 1.29 is 17.6 Å². The van der Waals surface area contributed by atoms with Gasteiger partial charge in [-0.1, -0.05) is 37.0 Å². The van der Waals surface area contributed by atoms with Crippen LogP contribution in [0.5, 0.6) is 0 Å². The minimum atomic E-state index is -3.97. The number of benzene rings is 2. The normalized spacial score (nSPS) is 15.1. The summed E-state index contributed by atoms with van der Waals surface area (Å²) in [5.74, 6) is -0.389. The van der Waals surface area contributed by atoms with Gasteiger partial charge < -0.3 is 5.32 Å². The zero-order chi connectivity index (χ0) is 20.9. The Labute approximate surface area is 172 Å². The van der Waals surface area contributed by atoms with Crippen molar-refractivity contribution >= 4 is 21.6 Å². The highest BCUT2D eigenvalue weighted by Gasteiger charge is 2.27. The van der Waals surface area contributed by atoms with Gasteiger partial charge in [-0.15, -0.1) is 0 Å². The number of hydrogen-bond acceptors (Lipinski definition) is 3. The zero-order valence-electron chi connectivity index (χ0n) is 16.6. The number of carbonyl (C=O) groups excluding carboxylic acids is 1. The van der Waals surface area contributed by atoms with Crippen molar-refractivity contribution in [1.29, 1.82) is 0 Å². The smallest absolute Gasteiger partial charge is 0.264 e. The van der Waals surface area contributed by atoms with Crippen LogP contribution >= 0.6 is 0 Å². The van der Waals surface area contributed by atoms with Crippen LogP contribution in [0.2, 0.25) is 0 Å². The van der Waals surface area contributed by atoms with E-state index in [9.17, 15) is 17.6 Å². The molecule has 1 fully saturated rings. The number of aryl methyl sites for hydroxylation is 1. The van der Waals surface area contributed by atoms with Crippen LogP contribution in [0.25, 0.3) is 0 Å². The van der Waals surface area contributed by atoms with Gasteiger partial charge in [0.2, 0.25) is 5.91 Å². The highest BCUT2D eigenvalue weighted by molar-refractivity contribution is 7.92. The van der Waals surface area contributed by atoms with E-state index < -0.39 is 15.8 Å². The van der Waals surface area contributed by atoms with Gasteiger partial charge in [0.05, 0.1) is 10.6 Å². The lowest BCUT2D eigenvalue weighted by molar-refractivity contribution is -0.119. The van der Waals surface area contributed by atoms with E-state index >= 15 is 0 Å². The Hall–Kier alpha value is -2.41. The van der Waals surface area contributed by atoms with Crippen LogP contribution in [0.3, 0.4) is 0 Å². The van der Waals surface area contributed by atoms with E-state index in [-0.39, 0.29) is 23.0 Å². The quantitative estimate of drug-likeness (QED) is 0.738. The van der Waals surface area contributed by atoms with Crippen molar-refractivity contribution in [3.8, 4) is 0 Å². The molecule has 5 nitrogen and oxygen atoms in total. The molecule has 0 saturated heterocycles. The van der Waals surface area contributed by atoms with Crippen LogP contribution in [0.4, 0.5) is 10.1 Å². The van der Waals surface area contributed by atoms with E-state index in [2.05, 4.69) is 5.32 Å². The minimum Gasteiger partial charge on any atom is -0.354 e. The zero-order valence-corrected chi connectivity index (χ0v) is 17.4. The van der Waals surface area contributed by atoms with Gasteiger partial charge in [-0.3, -0.25) is 9.10 Å². The van der Waals surface area contributed by atoms with Gasteiger partial charge in [0.1, 0.15) is 12.4 Å². The summed E-state index contributed by atoms with van der Waals surface area (Å²) in [4.78, 5) is 12.7. The second-order valence-electron chi connectivity index (χ2n) is 7.61. The standard InChI is InChI=1S/C22H27FN2O3S/c1-17-7-13-21(14-8-17)29(27,28)25(20-11-9-19(23)10-12-20)16-22(26)24-15-18-5-3-2-4-6-18/h7-14,18H,2-6,15-16H2,1H3,(H,24,26). The third kappa shape index (κ3) is 5.56. The molecule has 0 radical (unpaired) electrons. The van der Waals surface area contributed by atoms with Crippen LogP contribution in [-0.2, 0) is 14.8 Å². The van der Waals surface area contributed by atoms with E-state index in [4.69, 9.17) is 0 Å². The second kappa shape index (κ2) is 9.39. The Morgan fingerprint density at radius 3 is 2.28 bits per heavy atom. The maximum Gasteiger partial charge on any atom is 0.264 e. The van der Waals surface area contributed by atoms with Crippen molar-refractivity contribution in [3.63, 3.8) is 0 Å². The summed E-state index contributed by atoms with van der Waals surface area (Å²) in [7, 11) is -3.97. The molecular weight excluding hydrogens is 391 g/mol. The molecule has 0 bridgehead atoms. The molecule has 0 heterocycles. The molecule has 3 rings (SSSR count). The minimum absolute atomic E-state index is 0.0903. The van der Waals surface area contributed by atoms with Crippen molar-refractivity contribution in [2.24, 2.45) is 5.92 Å². The number of nitrogens with one attached hydrogen (secondary N) is 1. The van der Waals surface area contributed by atoms with Crippen LogP contribution in [-0.4, -0.2) is 27.4 Å². The Morgan fingerprint density at radius 1 is 1.03 bits per heavy atom. The first-order chi connectivity index (χ1) is 13.9. The van der Waals surface area contributed by atoms with E-state index in [1.165, 1.54) is 55.7 Å². The molecule has 0 aromatic heterocycles. The number of sulfonamides is 1. The molecule has 29 heavy (non-hydrogen) atoms. The van der Waals surface area contributed by atoms with E-state index in [1.807, 2.05) is 6.92 Å². The first-order valence-electron chi connectivity index (χ1n) is 9.98. The van der Waals surface area contributed by atoms with Crippen LogP contribution < -0.4 is 9.62 Å². The van der Waals surface area contributed by atoms with E-state index in [0.29, 0.717) is 12.5 Å². The van der Waals surface area contributed by atoms with Gasteiger partial charge in [0.15, 0.2) is 0 Å². The lowest BCUT2D eigenvalue weighted by Gasteiger charge is -2.25. The molecule has 0 unspecified atom stereocenters. The van der Waals surface area contributed by atoms with Crippen LogP contribution in [0.15, 0.2) is 53.4 Å². The predicted octanol–water partition coefficient (Wildman–Crippen LogP) is 4.03. The highest BCUT2D eigenvalue weighted by Crippen LogP contribution is 2.25. The molecule has 1 aliphatic carbocycles. The summed E-state index contributed by atoms with van der Waals surface area (Å²) in [6.45, 7) is 2.07. The Balaban J connectivity index is 1.80. The number of hydrogen-bond donors (Lipinski definition) is 1. The largest absolute Gasteiger partial charge is 0.354 e. The van der Waals surface area contributed by atoms with Gasteiger partial charge in [-0.25, -0.2) is 12.8 Å². The molecule has 1 saturated carbocycles. The van der Waals surface area contributed by atoms with Crippen LogP contribution in [0.1, 0.15) is 37.7 Å². The first-order valence-corrected chi connectivity index (χ1v) is 11.4. The van der Waals surface area contributed by atoms with E-state index in [0.717, 1.165) is 22.7 Å². The number of nitrogens with zero attached hydrogens (tertiary/aromatic N) is 1. The maximum atomic E-state index is 13.4. The third-order valence-electron chi connectivity index (χ3n) is 5.32. The first kappa shape index (κ1) is 21.3. The molecule has 156 valence electrons. The summed E-state index contributed by atoms with van der Waals surface area (Å²) < 4.78 is 40.8. The molecule has 1 N–H and O–H groups in total.